The van der Waals surface area contributed by atoms with E-state index in [4.69, 9.17) is 13.3 Å². The molecular formula is C18H15NaO3PS-. The third-order valence-electron chi connectivity index (χ3n) is 3.04. The summed E-state index contributed by atoms with van der Waals surface area (Å²) < 4.78 is 25.3. The van der Waals surface area contributed by atoms with Gasteiger partial charge in [0.05, 0.1) is 0 Å². The first-order valence-electron chi connectivity index (χ1n) is 6.90. The van der Waals surface area contributed by atoms with E-state index in [1.165, 1.54) is 15.9 Å². The van der Waals surface area contributed by atoms with Gasteiger partial charge in [-0.2, -0.15) is 0 Å². The van der Waals surface area contributed by atoms with Crippen molar-refractivity contribution in [1.82, 2.24) is 0 Å². The van der Waals surface area contributed by atoms with E-state index in [-0.39, 0.29) is 29.6 Å². The predicted molar refractivity (Wildman–Crippen MR) is 94.8 cm³/mol. The molecule has 0 N–H and O–H groups in total. The first kappa shape index (κ1) is 21.2. The Morgan fingerprint density at radius 3 is 1.00 bits per heavy atom. The zero-order valence-corrected chi connectivity index (χ0v) is 17.0. The fraction of sp³-hybridized carbons (Fsp3) is 0. The Hall–Kier alpha value is -0.840. The summed E-state index contributed by atoms with van der Waals surface area (Å²) in [6.07, 6.45) is 0. The van der Waals surface area contributed by atoms with Crippen LogP contribution in [0.3, 0.4) is 0 Å². The Morgan fingerprint density at radius 1 is 0.583 bits per heavy atom. The normalized spacial score (nSPS) is 9.83. The van der Waals surface area contributed by atoms with Crippen LogP contribution >= 0.6 is 7.92 Å². The van der Waals surface area contributed by atoms with Gasteiger partial charge in [0.1, 0.15) is 0 Å². The van der Waals surface area contributed by atoms with Crippen LogP contribution in [-0.4, -0.2) is 13.3 Å². The topological polar surface area (TPSA) is 63.2 Å². The number of rotatable bonds is 3. The molecule has 0 heterocycles. The molecular weight excluding hydrogens is 350 g/mol. The Kier molecular flexibility index (Phi) is 10.3. The second kappa shape index (κ2) is 11.7. The number of hydrogen-bond acceptors (Lipinski definition) is 3. The molecule has 0 aliphatic rings. The van der Waals surface area contributed by atoms with Crippen LogP contribution < -0.4 is 45.5 Å². The summed E-state index contributed by atoms with van der Waals surface area (Å²) >= 11 is -3.11. The minimum atomic E-state index is -3.11. The van der Waals surface area contributed by atoms with Crippen LogP contribution in [-0.2, 0) is 11.4 Å². The van der Waals surface area contributed by atoms with Crippen LogP contribution in [0.15, 0.2) is 91.0 Å². The van der Waals surface area contributed by atoms with Gasteiger partial charge >= 0.3 is 29.6 Å². The van der Waals surface area contributed by atoms with Gasteiger partial charge in [0, 0.05) is 0 Å². The Bertz CT molecular complexity index is 629. The summed E-state index contributed by atoms with van der Waals surface area (Å²) in [5.41, 5.74) is 0. The quantitative estimate of drug-likeness (QED) is 0.355. The SMILES string of the molecule is O=S([O-])[O-].[Na+].c1ccc(P(c2ccccc2)c2ccccc2)cc1. The fourth-order valence-electron chi connectivity index (χ4n) is 2.18. The maximum absolute atomic E-state index is 8.44. The molecule has 3 aromatic rings. The largest absolute Gasteiger partial charge is 1.00 e. The van der Waals surface area contributed by atoms with Crippen molar-refractivity contribution < 1.29 is 42.9 Å². The Morgan fingerprint density at radius 2 is 0.792 bits per heavy atom. The van der Waals surface area contributed by atoms with E-state index in [1.807, 2.05) is 0 Å². The van der Waals surface area contributed by atoms with E-state index in [2.05, 4.69) is 91.0 Å². The Balaban J connectivity index is 0.000000522. The average Bonchev–Trinajstić information content (AvgIpc) is 2.58. The number of hydrogen-bond donors (Lipinski definition) is 0. The first-order chi connectivity index (χ1) is 11.2. The van der Waals surface area contributed by atoms with E-state index in [0.29, 0.717) is 0 Å². The van der Waals surface area contributed by atoms with Crippen LogP contribution in [0, 0.1) is 0 Å². The van der Waals surface area contributed by atoms with Gasteiger partial charge in [-0.15, -0.1) is 11.4 Å². The fourth-order valence-corrected chi connectivity index (χ4v) is 4.48. The molecule has 0 aliphatic heterocycles. The molecule has 6 heteroatoms. The smallest absolute Gasteiger partial charge is 0.784 e. The molecule has 0 aromatic heterocycles. The second-order valence-corrected chi connectivity index (χ2v) is 7.17. The van der Waals surface area contributed by atoms with Crippen molar-refractivity contribution in [1.29, 1.82) is 0 Å². The third kappa shape index (κ3) is 6.96. The zero-order valence-electron chi connectivity index (χ0n) is 13.2. The van der Waals surface area contributed by atoms with E-state index >= 15 is 0 Å². The van der Waals surface area contributed by atoms with Gasteiger partial charge in [0.15, 0.2) is 0 Å². The van der Waals surface area contributed by atoms with Crippen LogP contribution in [0.5, 0.6) is 0 Å². The standard InChI is InChI=1S/C18H15P.Na.H2O3S/c1-4-10-16(11-5-1)19(17-12-6-2-7-13-17)18-14-8-3-9-15-18;;1-4(2)3/h1-15H;;(H2,1,2,3)/q;+1;/p-2. The second-order valence-electron chi connectivity index (χ2n) is 4.55. The molecule has 0 saturated carbocycles. The van der Waals surface area contributed by atoms with Gasteiger partial charge in [0.25, 0.3) is 0 Å². The summed E-state index contributed by atoms with van der Waals surface area (Å²) in [4.78, 5) is 0. The van der Waals surface area contributed by atoms with E-state index in [9.17, 15) is 0 Å². The average molecular weight is 365 g/mol. The Labute approximate surface area is 168 Å². The molecule has 0 aliphatic carbocycles. The van der Waals surface area contributed by atoms with Crippen molar-refractivity contribution in [3.8, 4) is 0 Å². The summed E-state index contributed by atoms with van der Waals surface area (Å²) in [5.74, 6) is 0. The third-order valence-corrected chi connectivity index (χ3v) is 5.49. The summed E-state index contributed by atoms with van der Waals surface area (Å²) in [7, 11) is -0.446. The molecule has 0 atom stereocenters. The van der Waals surface area contributed by atoms with E-state index in [0.717, 1.165) is 0 Å². The van der Waals surface area contributed by atoms with Crippen molar-refractivity contribution in [3.05, 3.63) is 91.0 Å². The molecule has 0 radical (unpaired) electrons. The maximum Gasteiger partial charge on any atom is 1.00 e. The van der Waals surface area contributed by atoms with Gasteiger partial charge in [-0.1, -0.05) is 91.0 Å². The maximum atomic E-state index is 8.44. The van der Waals surface area contributed by atoms with Crippen LogP contribution in [0.25, 0.3) is 0 Å². The van der Waals surface area contributed by atoms with Gasteiger partial charge in [-0.05, 0) is 23.8 Å². The summed E-state index contributed by atoms with van der Waals surface area (Å²) in [6, 6.07) is 32.3. The van der Waals surface area contributed by atoms with Crippen molar-refractivity contribution in [2.75, 3.05) is 0 Å². The molecule has 0 saturated heterocycles. The van der Waals surface area contributed by atoms with Gasteiger partial charge < -0.3 is 9.11 Å². The molecule has 118 valence electrons. The molecule has 3 nitrogen and oxygen atoms in total. The molecule has 0 amide bonds. The molecule has 0 bridgehead atoms. The molecule has 0 fully saturated rings. The summed E-state index contributed by atoms with van der Waals surface area (Å²) in [6.45, 7) is 0. The van der Waals surface area contributed by atoms with Gasteiger partial charge in [-0.25, -0.2) is 0 Å². The van der Waals surface area contributed by atoms with Crippen molar-refractivity contribution >= 4 is 35.2 Å². The number of benzene rings is 3. The van der Waals surface area contributed by atoms with Gasteiger partial charge in [0.2, 0.25) is 0 Å². The van der Waals surface area contributed by atoms with E-state index in [1.54, 1.807) is 0 Å². The van der Waals surface area contributed by atoms with Crippen molar-refractivity contribution in [2.45, 2.75) is 0 Å². The molecule has 24 heavy (non-hydrogen) atoms. The monoisotopic (exact) mass is 365 g/mol. The van der Waals surface area contributed by atoms with Crippen LogP contribution in [0.1, 0.15) is 0 Å². The zero-order chi connectivity index (χ0) is 16.5. The molecule has 0 spiro atoms. The molecule has 3 rings (SSSR count). The molecule has 0 unspecified atom stereocenters. The minimum absolute atomic E-state index is 0. The predicted octanol–water partition coefficient (Wildman–Crippen LogP) is -0.555. The van der Waals surface area contributed by atoms with Gasteiger partial charge in [-0.3, -0.25) is 4.21 Å². The van der Waals surface area contributed by atoms with Crippen molar-refractivity contribution in [3.63, 3.8) is 0 Å². The van der Waals surface area contributed by atoms with Crippen LogP contribution in [0.2, 0.25) is 0 Å². The van der Waals surface area contributed by atoms with Crippen LogP contribution in [0.4, 0.5) is 0 Å². The molecule has 3 aromatic carbocycles. The van der Waals surface area contributed by atoms with Crippen molar-refractivity contribution in [2.24, 2.45) is 0 Å². The minimum Gasteiger partial charge on any atom is -0.784 e. The van der Waals surface area contributed by atoms with E-state index < -0.39 is 19.3 Å². The first-order valence-corrected chi connectivity index (χ1v) is 9.24. The summed E-state index contributed by atoms with van der Waals surface area (Å²) in [5, 5.41) is 4.19.